The second kappa shape index (κ2) is 6.64. The molecule has 0 aliphatic rings. The third-order valence-electron chi connectivity index (χ3n) is 3.78. The first-order valence-corrected chi connectivity index (χ1v) is 6.37. The van der Waals surface area contributed by atoms with Crippen LogP contribution in [-0.2, 0) is 6.54 Å². The molecule has 1 N–H and O–H groups in total. The number of hydrogen-bond acceptors (Lipinski definition) is 2. The van der Waals surface area contributed by atoms with Crippen molar-refractivity contribution in [2.24, 2.45) is 5.41 Å². The molecular formula is C14H24N2. The van der Waals surface area contributed by atoms with Gasteiger partial charge in [-0.15, -0.1) is 0 Å². The SMILES string of the molecule is CCC(CC)(CC)CNCc1ccccn1. The van der Waals surface area contributed by atoms with E-state index in [0.717, 1.165) is 18.8 Å². The fourth-order valence-corrected chi connectivity index (χ4v) is 2.08. The van der Waals surface area contributed by atoms with Crippen LogP contribution in [0.4, 0.5) is 0 Å². The van der Waals surface area contributed by atoms with Gasteiger partial charge >= 0.3 is 0 Å². The van der Waals surface area contributed by atoms with Gasteiger partial charge in [-0.3, -0.25) is 4.98 Å². The Labute approximate surface area is 99.5 Å². The van der Waals surface area contributed by atoms with E-state index in [1.807, 2.05) is 18.3 Å². The van der Waals surface area contributed by atoms with Crippen molar-refractivity contribution in [2.75, 3.05) is 6.54 Å². The molecule has 0 aromatic carbocycles. The predicted molar refractivity (Wildman–Crippen MR) is 69.2 cm³/mol. The van der Waals surface area contributed by atoms with Crippen LogP contribution in [0.1, 0.15) is 45.7 Å². The summed E-state index contributed by atoms with van der Waals surface area (Å²) in [6.45, 7) is 8.83. The summed E-state index contributed by atoms with van der Waals surface area (Å²) < 4.78 is 0. The molecule has 0 radical (unpaired) electrons. The highest BCUT2D eigenvalue weighted by Crippen LogP contribution is 2.29. The Bertz CT molecular complexity index is 270. The quantitative estimate of drug-likeness (QED) is 0.762. The van der Waals surface area contributed by atoms with Gasteiger partial charge in [0.25, 0.3) is 0 Å². The van der Waals surface area contributed by atoms with Gasteiger partial charge < -0.3 is 5.32 Å². The Balaban J connectivity index is 2.39. The number of rotatable bonds is 7. The average Bonchev–Trinajstić information content (AvgIpc) is 2.37. The number of nitrogens with one attached hydrogen (secondary N) is 1. The van der Waals surface area contributed by atoms with Gasteiger partial charge in [0.15, 0.2) is 0 Å². The summed E-state index contributed by atoms with van der Waals surface area (Å²) in [6.07, 6.45) is 5.59. The Morgan fingerprint density at radius 2 is 1.81 bits per heavy atom. The summed E-state index contributed by atoms with van der Waals surface area (Å²) in [4.78, 5) is 4.31. The van der Waals surface area contributed by atoms with Crippen LogP contribution < -0.4 is 5.32 Å². The van der Waals surface area contributed by atoms with E-state index in [-0.39, 0.29) is 0 Å². The third kappa shape index (κ3) is 3.60. The Morgan fingerprint density at radius 3 is 2.31 bits per heavy atom. The molecule has 0 aliphatic carbocycles. The van der Waals surface area contributed by atoms with E-state index in [9.17, 15) is 0 Å². The number of pyridine rings is 1. The number of hydrogen-bond donors (Lipinski definition) is 1. The fourth-order valence-electron chi connectivity index (χ4n) is 2.08. The summed E-state index contributed by atoms with van der Waals surface area (Å²) in [6, 6.07) is 6.06. The van der Waals surface area contributed by atoms with Gasteiger partial charge in [-0.2, -0.15) is 0 Å². The van der Waals surface area contributed by atoms with Crippen molar-refractivity contribution in [1.82, 2.24) is 10.3 Å². The zero-order valence-electron chi connectivity index (χ0n) is 10.8. The van der Waals surface area contributed by atoms with Crippen LogP contribution in [0.25, 0.3) is 0 Å². The molecule has 1 rings (SSSR count). The first-order valence-electron chi connectivity index (χ1n) is 6.37. The highest BCUT2D eigenvalue weighted by molar-refractivity contribution is 5.03. The van der Waals surface area contributed by atoms with Crippen LogP contribution in [0.2, 0.25) is 0 Å². The van der Waals surface area contributed by atoms with Crippen molar-refractivity contribution in [3.8, 4) is 0 Å². The van der Waals surface area contributed by atoms with Crippen LogP contribution >= 0.6 is 0 Å². The zero-order valence-corrected chi connectivity index (χ0v) is 10.8. The van der Waals surface area contributed by atoms with E-state index in [1.54, 1.807) is 0 Å². The Morgan fingerprint density at radius 1 is 1.12 bits per heavy atom. The van der Waals surface area contributed by atoms with Crippen LogP contribution in [0, 0.1) is 5.41 Å². The monoisotopic (exact) mass is 220 g/mol. The maximum Gasteiger partial charge on any atom is 0.0541 e. The molecule has 0 saturated heterocycles. The lowest BCUT2D eigenvalue weighted by Crippen LogP contribution is -2.32. The minimum absolute atomic E-state index is 0.467. The molecule has 1 aromatic rings. The molecule has 0 aliphatic heterocycles. The van der Waals surface area contributed by atoms with E-state index in [0.29, 0.717) is 5.41 Å². The topological polar surface area (TPSA) is 24.9 Å². The van der Waals surface area contributed by atoms with Crippen LogP contribution in [0.15, 0.2) is 24.4 Å². The van der Waals surface area contributed by atoms with E-state index in [2.05, 4.69) is 37.1 Å². The van der Waals surface area contributed by atoms with Crippen molar-refractivity contribution >= 4 is 0 Å². The van der Waals surface area contributed by atoms with Crippen LogP contribution in [0.3, 0.4) is 0 Å². The van der Waals surface area contributed by atoms with Crippen molar-refractivity contribution in [1.29, 1.82) is 0 Å². The largest absolute Gasteiger partial charge is 0.311 e. The van der Waals surface area contributed by atoms with E-state index in [1.165, 1.54) is 19.3 Å². The minimum Gasteiger partial charge on any atom is -0.311 e. The summed E-state index contributed by atoms with van der Waals surface area (Å²) in [5, 5.41) is 3.53. The van der Waals surface area contributed by atoms with Gasteiger partial charge in [0.05, 0.1) is 5.69 Å². The lowest BCUT2D eigenvalue weighted by molar-refractivity contribution is 0.237. The summed E-state index contributed by atoms with van der Waals surface area (Å²) >= 11 is 0. The van der Waals surface area contributed by atoms with E-state index in [4.69, 9.17) is 0 Å². The molecular weight excluding hydrogens is 196 g/mol. The zero-order chi connectivity index (χ0) is 11.9. The summed E-state index contributed by atoms with van der Waals surface area (Å²) in [5.41, 5.74) is 1.59. The molecule has 0 amide bonds. The highest BCUT2D eigenvalue weighted by Gasteiger charge is 2.22. The molecule has 0 bridgehead atoms. The summed E-state index contributed by atoms with van der Waals surface area (Å²) in [5.74, 6) is 0. The van der Waals surface area contributed by atoms with Gasteiger partial charge in [-0.1, -0.05) is 26.8 Å². The van der Waals surface area contributed by atoms with Gasteiger partial charge in [0, 0.05) is 19.3 Å². The molecule has 2 nitrogen and oxygen atoms in total. The standard InChI is InChI=1S/C14H24N2/c1-4-14(5-2,6-3)12-15-11-13-9-7-8-10-16-13/h7-10,15H,4-6,11-12H2,1-3H3. The first-order chi connectivity index (χ1) is 7.76. The highest BCUT2D eigenvalue weighted by atomic mass is 14.9. The maximum atomic E-state index is 4.31. The van der Waals surface area contributed by atoms with Gasteiger partial charge in [0.1, 0.15) is 0 Å². The van der Waals surface area contributed by atoms with Crippen molar-refractivity contribution in [3.05, 3.63) is 30.1 Å². The van der Waals surface area contributed by atoms with Gasteiger partial charge in [-0.25, -0.2) is 0 Å². The molecule has 90 valence electrons. The minimum atomic E-state index is 0.467. The maximum absolute atomic E-state index is 4.31. The number of nitrogens with zero attached hydrogens (tertiary/aromatic N) is 1. The Hall–Kier alpha value is -0.890. The van der Waals surface area contributed by atoms with Crippen molar-refractivity contribution in [2.45, 2.75) is 46.6 Å². The van der Waals surface area contributed by atoms with Crippen molar-refractivity contribution in [3.63, 3.8) is 0 Å². The molecule has 0 saturated carbocycles. The van der Waals surface area contributed by atoms with Crippen LogP contribution in [0.5, 0.6) is 0 Å². The fraction of sp³-hybridized carbons (Fsp3) is 0.643. The average molecular weight is 220 g/mol. The predicted octanol–water partition coefficient (Wildman–Crippen LogP) is 3.39. The molecule has 16 heavy (non-hydrogen) atoms. The second-order valence-electron chi connectivity index (χ2n) is 4.49. The molecule has 0 unspecified atom stereocenters. The first kappa shape index (κ1) is 13.2. The molecule has 0 atom stereocenters. The molecule has 0 spiro atoms. The smallest absolute Gasteiger partial charge is 0.0541 e. The van der Waals surface area contributed by atoms with Crippen LogP contribution in [-0.4, -0.2) is 11.5 Å². The second-order valence-corrected chi connectivity index (χ2v) is 4.49. The molecule has 1 aromatic heterocycles. The van der Waals surface area contributed by atoms with Crippen molar-refractivity contribution < 1.29 is 0 Å². The van der Waals surface area contributed by atoms with E-state index < -0.39 is 0 Å². The third-order valence-corrected chi connectivity index (χ3v) is 3.78. The van der Waals surface area contributed by atoms with Gasteiger partial charge in [0.2, 0.25) is 0 Å². The number of aromatic nitrogens is 1. The lowest BCUT2D eigenvalue weighted by Gasteiger charge is -2.30. The lowest BCUT2D eigenvalue weighted by atomic mass is 9.80. The molecule has 1 heterocycles. The summed E-state index contributed by atoms with van der Waals surface area (Å²) in [7, 11) is 0. The normalized spacial score (nSPS) is 11.7. The molecule has 2 heteroatoms. The van der Waals surface area contributed by atoms with Gasteiger partial charge in [-0.05, 0) is 36.8 Å². The Kier molecular flexibility index (Phi) is 5.47. The van der Waals surface area contributed by atoms with E-state index >= 15 is 0 Å². The molecule has 0 fully saturated rings.